The molecule has 1 aliphatic rings. The Hall–Kier alpha value is -2.40. The van der Waals surface area contributed by atoms with Gasteiger partial charge in [-0.3, -0.25) is 4.79 Å². The van der Waals surface area contributed by atoms with E-state index >= 15 is 0 Å². The van der Waals surface area contributed by atoms with E-state index in [1.54, 1.807) is 29.2 Å². The molecule has 2 aromatic rings. The minimum absolute atomic E-state index is 0.0228. The Labute approximate surface area is 134 Å². The van der Waals surface area contributed by atoms with Crippen LogP contribution < -0.4 is 0 Å². The van der Waals surface area contributed by atoms with Crippen LogP contribution in [0.5, 0.6) is 5.75 Å². The second-order valence-corrected chi connectivity index (χ2v) is 5.68. The standard InChI is InChI=1S/C18H18FNO3/c1-12-2-7-16(21)15(10-12)18(22)20-8-9-23-17(11-20)13-3-5-14(19)6-4-13/h2-7,10,17,21H,8-9,11H2,1H3. The van der Waals surface area contributed by atoms with E-state index in [0.717, 1.165) is 11.1 Å². The van der Waals surface area contributed by atoms with Gasteiger partial charge in [0.1, 0.15) is 17.7 Å². The maximum Gasteiger partial charge on any atom is 0.257 e. The zero-order valence-corrected chi connectivity index (χ0v) is 12.8. The second-order valence-electron chi connectivity index (χ2n) is 5.68. The SMILES string of the molecule is Cc1ccc(O)c(C(=O)N2CCOC(c3ccc(F)cc3)C2)c1. The highest BCUT2D eigenvalue weighted by Crippen LogP contribution is 2.26. The molecule has 1 heterocycles. The number of benzene rings is 2. The summed E-state index contributed by atoms with van der Waals surface area (Å²) < 4.78 is 18.7. The Balaban J connectivity index is 1.79. The lowest BCUT2D eigenvalue weighted by molar-refractivity contribution is -0.0229. The molecule has 1 aliphatic heterocycles. The van der Waals surface area contributed by atoms with Gasteiger partial charge >= 0.3 is 0 Å². The van der Waals surface area contributed by atoms with Crippen molar-refractivity contribution in [2.45, 2.75) is 13.0 Å². The number of rotatable bonds is 2. The number of phenolic OH excluding ortho intramolecular Hbond substituents is 1. The van der Waals surface area contributed by atoms with Crippen LogP contribution in [0.3, 0.4) is 0 Å². The van der Waals surface area contributed by atoms with Gasteiger partial charge in [0.15, 0.2) is 0 Å². The molecule has 0 aliphatic carbocycles. The number of ether oxygens (including phenoxy) is 1. The van der Waals surface area contributed by atoms with Gasteiger partial charge in [0, 0.05) is 6.54 Å². The number of halogens is 1. The summed E-state index contributed by atoms with van der Waals surface area (Å²) in [5.74, 6) is -0.547. The van der Waals surface area contributed by atoms with Gasteiger partial charge in [-0.05, 0) is 36.8 Å². The van der Waals surface area contributed by atoms with Crippen molar-refractivity contribution in [3.05, 3.63) is 65.0 Å². The topological polar surface area (TPSA) is 49.8 Å². The zero-order valence-electron chi connectivity index (χ0n) is 12.8. The highest BCUT2D eigenvalue weighted by atomic mass is 19.1. The third kappa shape index (κ3) is 3.35. The number of carbonyl (C=O) groups is 1. The van der Waals surface area contributed by atoms with E-state index < -0.39 is 0 Å². The van der Waals surface area contributed by atoms with E-state index in [0.29, 0.717) is 25.3 Å². The monoisotopic (exact) mass is 315 g/mol. The molecule has 120 valence electrons. The molecule has 1 amide bonds. The van der Waals surface area contributed by atoms with E-state index in [2.05, 4.69) is 0 Å². The number of nitrogens with zero attached hydrogens (tertiary/aromatic N) is 1. The highest BCUT2D eigenvalue weighted by Gasteiger charge is 2.27. The van der Waals surface area contributed by atoms with Crippen LogP contribution in [-0.4, -0.2) is 35.6 Å². The number of amides is 1. The lowest BCUT2D eigenvalue weighted by atomic mass is 10.1. The molecule has 5 heteroatoms. The number of hydrogen-bond acceptors (Lipinski definition) is 3. The number of carbonyl (C=O) groups excluding carboxylic acids is 1. The lowest BCUT2D eigenvalue weighted by Gasteiger charge is -2.33. The van der Waals surface area contributed by atoms with Gasteiger partial charge < -0.3 is 14.7 Å². The van der Waals surface area contributed by atoms with Crippen LogP contribution in [0.25, 0.3) is 0 Å². The van der Waals surface area contributed by atoms with Gasteiger partial charge in [-0.25, -0.2) is 4.39 Å². The van der Waals surface area contributed by atoms with Crippen molar-refractivity contribution >= 4 is 5.91 Å². The van der Waals surface area contributed by atoms with Crippen LogP contribution in [0, 0.1) is 12.7 Å². The van der Waals surface area contributed by atoms with Gasteiger partial charge in [0.05, 0.1) is 18.7 Å². The molecule has 0 radical (unpaired) electrons. The molecular weight excluding hydrogens is 297 g/mol. The molecule has 0 bridgehead atoms. The fourth-order valence-electron chi connectivity index (χ4n) is 2.70. The molecule has 1 atom stereocenters. The van der Waals surface area contributed by atoms with Crippen LogP contribution in [0.2, 0.25) is 0 Å². The summed E-state index contributed by atoms with van der Waals surface area (Å²) in [5.41, 5.74) is 2.04. The Morgan fingerprint density at radius 1 is 1.26 bits per heavy atom. The number of aromatic hydroxyl groups is 1. The van der Waals surface area contributed by atoms with Crippen LogP contribution in [0.15, 0.2) is 42.5 Å². The molecule has 0 saturated carbocycles. The van der Waals surface area contributed by atoms with E-state index in [-0.39, 0.29) is 23.6 Å². The fourth-order valence-corrected chi connectivity index (χ4v) is 2.70. The van der Waals surface area contributed by atoms with Crippen LogP contribution in [0.4, 0.5) is 4.39 Å². The van der Waals surface area contributed by atoms with E-state index in [1.165, 1.54) is 18.2 Å². The minimum Gasteiger partial charge on any atom is -0.507 e. The molecule has 1 unspecified atom stereocenters. The maximum absolute atomic E-state index is 13.0. The molecule has 4 nitrogen and oxygen atoms in total. The van der Waals surface area contributed by atoms with E-state index in [1.807, 2.05) is 6.92 Å². The Morgan fingerprint density at radius 3 is 2.74 bits per heavy atom. The first kappa shape index (κ1) is 15.5. The van der Waals surface area contributed by atoms with Gasteiger partial charge in [-0.1, -0.05) is 23.8 Å². The summed E-state index contributed by atoms with van der Waals surface area (Å²) in [6.45, 7) is 3.11. The van der Waals surface area contributed by atoms with Crippen molar-refractivity contribution in [2.75, 3.05) is 19.7 Å². The summed E-state index contributed by atoms with van der Waals surface area (Å²) in [7, 11) is 0. The first-order chi connectivity index (χ1) is 11.0. The largest absolute Gasteiger partial charge is 0.507 e. The van der Waals surface area contributed by atoms with Gasteiger partial charge in [0.25, 0.3) is 5.91 Å². The quantitative estimate of drug-likeness (QED) is 0.926. The summed E-state index contributed by atoms with van der Waals surface area (Å²) in [6.07, 6.45) is -0.291. The average Bonchev–Trinajstić information content (AvgIpc) is 2.57. The predicted molar refractivity (Wildman–Crippen MR) is 83.8 cm³/mol. The highest BCUT2D eigenvalue weighted by molar-refractivity contribution is 5.97. The van der Waals surface area contributed by atoms with Gasteiger partial charge in [-0.15, -0.1) is 0 Å². The molecule has 0 aromatic heterocycles. The molecule has 1 N–H and O–H groups in total. The van der Waals surface area contributed by atoms with Gasteiger partial charge in [0.2, 0.25) is 0 Å². The zero-order chi connectivity index (χ0) is 16.4. The fraction of sp³-hybridized carbons (Fsp3) is 0.278. The second kappa shape index (κ2) is 6.38. The predicted octanol–water partition coefficient (Wildman–Crippen LogP) is 3.05. The molecule has 3 rings (SSSR count). The number of morpholine rings is 1. The molecule has 23 heavy (non-hydrogen) atoms. The van der Waals surface area contributed by atoms with Crippen molar-refractivity contribution in [3.8, 4) is 5.75 Å². The molecule has 1 fully saturated rings. The normalized spacial score (nSPS) is 18.0. The maximum atomic E-state index is 13.0. The number of aryl methyl sites for hydroxylation is 1. The van der Waals surface area contributed by atoms with Crippen molar-refractivity contribution in [1.29, 1.82) is 0 Å². The van der Waals surface area contributed by atoms with Gasteiger partial charge in [-0.2, -0.15) is 0 Å². The summed E-state index contributed by atoms with van der Waals surface area (Å²) >= 11 is 0. The first-order valence-corrected chi connectivity index (χ1v) is 7.50. The van der Waals surface area contributed by atoms with Crippen LogP contribution >= 0.6 is 0 Å². The Morgan fingerprint density at radius 2 is 2.00 bits per heavy atom. The van der Waals surface area contributed by atoms with Crippen LogP contribution in [0.1, 0.15) is 27.6 Å². The molecule has 0 spiro atoms. The summed E-state index contributed by atoms with van der Waals surface area (Å²) in [4.78, 5) is 14.3. The Kier molecular flexibility index (Phi) is 4.30. The van der Waals surface area contributed by atoms with Crippen molar-refractivity contribution in [1.82, 2.24) is 4.90 Å². The summed E-state index contributed by atoms with van der Waals surface area (Å²) in [6, 6.07) is 11.1. The van der Waals surface area contributed by atoms with E-state index in [9.17, 15) is 14.3 Å². The third-order valence-corrected chi connectivity index (χ3v) is 3.98. The molecular formula is C18H18FNO3. The third-order valence-electron chi connectivity index (χ3n) is 3.98. The molecule has 2 aromatic carbocycles. The summed E-state index contributed by atoms with van der Waals surface area (Å²) in [5, 5.41) is 9.93. The number of phenols is 1. The van der Waals surface area contributed by atoms with Crippen LogP contribution in [-0.2, 0) is 4.74 Å². The first-order valence-electron chi connectivity index (χ1n) is 7.50. The van der Waals surface area contributed by atoms with E-state index in [4.69, 9.17) is 4.74 Å². The lowest BCUT2D eigenvalue weighted by Crippen LogP contribution is -2.42. The number of hydrogen-bond donors (Lipinski definition) is 1. The molecule has 1 saturated heterocycles. The van der Waals surface area contributed by atoms with Crippen molar-refractivity contribution < 1.29 is 19.0 Å². The van der Waals surface area contributed by atoms with Crippen molar-refractivity contribution in [3.63, 3.8) is 0 Å². The minimum atomic E-state index is -0.304. The van der Waals surface area contributed by atoms with Crippen molar-refractivity contribution in [2.24, 2.45) is 0 Å². The smallest absolute Gasteiger partial charge is 0.257 e. The average molecular weight is 315 g/mol. The Bertz CT molecular complexity index is 715.